The van der Waals surface area contributed by atoms with Gasteiger partial charge in [-0.25, -0.2) is 4.79 Å². The van der Waals surface area contributed by atoms with Crippen LogP contribution in [0.2, 0.25) is 0 Å². The number of carbonyl (C=O) groups is 3. The van der Waals surface area contributed by atoms with Gasteiger partial charge in [0.25, 0.3) is 5.91 Å². The first-order chi connectivity index (χ1) is 17.0. The minimum absolute atomic E-state index is 0.0303. The molecular weight excluding hydrogens is 448 g/mol. The third kappa shape index (κ3) is 5.03. The number of carbonyl (C=O) groups excluding carboxylic acids is 2. The summed E-state index contributed by atoms with van der Waals surface area (Å²) in [6, 6.07) is 17.6. The second-order valence-electron chi connectivity index (χ2n) is 9.02. The molecule has 35 heavy (non-hydrogen) atoms. The largest absolute Gasteiger partial charge is 0.481 e. The average molecular weight is 475 g/mol. The molecule has 2 aliphatic carbocycles. The number of anilines is 1. The van der Waals surface area contributed by atoms with Gasteiger partial charge in [0.1, 0.15) is 12.3 Å². The van der Waals surface area contributed by atoms with Gasteiger partial charge in [0.05, 0.1) is 6.42 Å². The molecule has 1 heterocycles. The Labute approximate surface area is 201 Å². The number of aliphatic carboxylic acids is 1. The van der Waals surface area contributed by atoms with Crippen LogP contribution in [0.1, 0.15) is 46.8 Å². The molecule has 1 aromatic heterocycles. The van der Waals surface area contributed by atoms with Crippen molar-refractivity contribution in [2.24, 2.45) is 11.8 Å². The zero-order valence-electron chi connectivity index (χ0n) is 19.0. The Morgan fingerprint density at radius 3 is 2.34 bits per heavy atom. The van der Waals surface area contributed by atoms with Crippen LogP contribution < -0.4 is 10.6 Å². The Balaban J connectivity index is 1.15. The molecule has 2 aliphatic rings. The molecule has 4 N–H and O–H groups in total. The Bertz CT molecular complexity index is 1220. The van der Waals surface area contributed by atoms with Gasteiger partial charge in [-0.2, -0.15) is 5.10 Å². The number of H-pyrrole nitrogens is 1. The summed E-state index contributed by atoms with van der Waals surface area (Å²) in [6.07, 6.45) is 1.35. The van der Waals surface area contributed by atoms with Crippen LogP contribution in [0.5, 0.6) is 0 Å². The van der Waals surface area contributed by atoms with Gasteiger partial charge in [-0.05, 0) is 46.9 Å². The second kappa shape index (κ2) is 9.61. The second-order valence-corrected chi connectivity index (χ2v) is 9.02. The van der Waals surface area contributed by atoms with Crippen LogP contribution >= 0.6 is 0 Å². The van der Waals surface area contributed by atoms with E-state index in [0.717, 1.165) is 35.1 Å². The van der Waals surface area contributed by atoms with Crippen molar-refractivity contribution in [3.8, 4) is 11.1 Å². The summed E-state index contributed by atoms with van der Waals surface area (Å²) in [5.41, 5.74) is 4.70. The van der Waals surface area contributed by atoms with Gasteiger partial charge in [-0.1, -0.05) is 48.5 Å². The monoisotopic (exact) mass is 474 g/mol. The van der Waals surface area contributed by atoms with Crippen molar-refractivity contribution in [2.75, 3.05) is 18.5 Å². The molecular formula is C26H26N4O5. The topological polar surface area (TPSA) is 133 Å². The van der Waals surface area contributed by atoms with E-state index in [1.165, 1.54) is 6.07 Å². The molecule has 1 fully saturated rings. The zero-order valence-corrected chi connectivity index (χ0v) is 19.0. The maximum Gasteiger partial charge on any atom is 0.412 e. The van der Waals surface area contributed by atoms with Gasteiger partial charge in [-0.3, -0.25) is 20.0 Å². The molecule has 9 heteroatoms. The lowest BCUT2D eigenvalue weighted by molar-refractivity contribution is -0.138. The predicted molar refractivity (Wildman–Crippen MR) is 128 cm³/mol. The minimum atomic E-state index is -0.868. The van der Waals surface area contributed by atoms with E-state index in [2.05, 4.69) is 33.0 Å². The van der Waals surface area contributed by atoms with Crippen molar-refractivity contribution in [3.05, 3.63) is 71.4 Å². The van der Waals surface area contributed by atoms with Crippen molar-refractivity contribution in [3.63, 3.8) is 0 Å². The lowest BCUT2D eigenvalue weighted by Crippen LogP contribution is -2.31. The fourth-order valence-corrected chi connectivity index (χ4v) is 4.76. The number of aromatic nitrogens is 2. The average Bonchev–Trinajstić information content (AvgIpc) is 3.51. The first kappa shape index (κ1) is 22.6. The summed E-state index contributed by atoms with van der Waals surface area (Å²) < 4.78 is 5.50. The van der Waals surface area contributed by atoms with E-state index in [1.807, 2.05) is 36.4 Å². The maximum absolute atomic E-state index is 12.4. The Hall–Kier alpha value is -4.14. The van der Waals surface area contributed by atoms with Crippen molar-refractivity contribution in [1.29, 1.82) is 0 Å². The van der Waals surface area contributed by atoms with Gasteiger partial charge in [0, 0.05) is 18.5 Å². The SMILES string of the molecule is O=C(O)CC(CNC(=O)c1cc(NC(=O)OCC2c3ccccc3-c3ccccc32)n[nH]1)C1CC1. The van der Waals surface area contributed by atoms with E-state index in [0.29, 0.717) is 5.92 Å². The number of ether oxygens (including phenoxy) is 1. The molecule has 0 saturated heterocycles. The molecule has 2 amide bonds. The van der Waals surface area contributed by atoms with Crippen LogP contribution in [0.25, 0.3) is 11.1 Å². The number of nitrogens with one attached hydrogen (secondary N) is 3. The molecule has 1 saturated carbocycles. The molecule has 180 valence electrons. The van der Waals surface area contributed by atoms with E-state index in [9.17, 15) is 14.4 Å². The summed E-state index contributed by atoms with van der Waals surface area (Å²) >= 11 is 0. The van der Waals surface area contributed by atoms with E-state index < -0.39 is 18.0 Å². The molecule has 9 nitrogen and oxygen atoms in total. The first-order valence-electron chi connectivity index (χ1n) is 11.7. The number of nitrogens with zero attached hydrogens (tertiary/aromatic N) is 1. The number of aromatic amines is 1. The number of carboxylic acids is 1. The van der Waals surface area contributed by atoms with E-state index in [1.54, 1.807) is 0 Å². The molecule has 3 aromatic rings. The standard InChI is InChI=1S/C26H26N4O5/c31-24(32)11-16(15-9-10-15)13-27-25(33)22-12-23(30-29-22)28-26(34)35-14-21-19-7-3-1-5-17(19)18-6-2-4-8-20(18)21/h1-8,12,15-16,21H,9-11,13-14H2,(H,27,33)(H,31,32)(H2,28,29,30,34). The lowest BCUT2D eigenvalue weighted by atomic mass is 9.98. The van der Waals surface area contributed by atoms with Crippen LogP contribution in [0.4, 0.5) is 10.6 Å². The number of fused-ring (bicyclic) bond motifs is 3. The van der Waals surface area contributed by atoms with Crippen LogP contribution in [0.3, 0.4) is 0 Å². The number of hydrogen-bond acceptors (Lipinski definition) is 5. The molecule has 5 rings (SSSR count). The molecule has 0 aliphatic heterocycles. The summed E-state index contributed by atoms with van der Waals surface area (Å²) in [5.74, 6) is -0.909. The number of amides is 2. The third-order valence-corrected chi connectivity index (χ3v) is 6.65. The summed E-state index contributed by atoms with van der Waals surface area (Å²) in [4.78, 5) is 35.9. The fourth-order valence-electron chi connectivity index (χ4n) is 4.76. The highest BCUT2D eigenvalue weighted by Gasteiger charge is 2.33. The summed E-state index contributed by atoms with van der Waals surface area (Å²) in [5, 5.41) is 20.9. The lowest BCUT2D eigenvalue weighted by Gasteiger charge is -2.14. The minimum Gasteiger partial charge on any atom is -0.481 e. The fraction of sp³-hybridized carbons (Fsp3) is 0.308. The first-order valence-corrected chi connectivity index (χ1v) is 11.7. The quantitative estimate of drug-likeness (QED) is 0.370. The Morgan fingerprint density at radius 1 is 1.06 bits per heavy atom. The van der Waals surface area contributed by atoms with Crippen molar-refractivity contribution in [2.45, 2.75) is 25.2 Å². The van der Waals surface area contributed by atoms with Crippen molar-refractivity contribution < 1.29 is 24.2 Å². The van der Waals surface area contributed by atoms with Gasteiger partial charge in [0.2, 0.25) is 0 Å². The van der Waals surface area contributed by atoms with Crippen LogP contribution in [0.15, 0.2) is 54.6 Å². The smallest absolute Gasteiger partial charge is 0.412 e. The number of carboxylic acid groups (broad SMARTS) is 1. The van der Waals surface area contributed by atoms with Gasteiger partial charge in [-0.15, -0.1) is 0 Å². The van der Waals surface area contributed by atoms with E-state index >= 15 is 0 Å². The maximum atomic E-state index is 12.4. The summed E-state index contributed by atoms with van der Waals surface area (Å²) in [6.45, 7) is 0.452. The van der Waals surface area contributed by atoms with Crippen LogP contribution in [0, 0.1) is 11.8 Å². The molecule has 0 spiro atoms. The Morgan fingerprint density at radius 2 is 1.71 bits per heavy atom. The summed E-state index contributed by atoms with van der Waals surface area (Å²) in [7, 11) is 0. The molecule has 2 aromatic carbocycles. The number of rotatable bonds is 9. The highest BCUT2D eigenvalue weighted by Crippen LogP contribution is 2.44. The van der Waals surface area contributed by atoms with Gasteiger partial charge < -0.3 is 15.2 Å². The zero-order chi connectivity index (χ0) is 24.4. The molecule has 0 radical (unpaired) electrons. The molecule has 0 bridgehead atoms. The molecule has 1 unspecified atom stereocenters. The number of hydrogen-bond donors (Lipinski definition) is 4. The van der Waals surface area contributed by atoms with Crippen molar-refractivity contribution >= 4 is 23.8 Å². The Kier molecular flexibility index (Phi) is 6.22. The van der Waals surface area contributed by atoms with Gasteiger partial charge >= 0.3 is 12.1 Å². The number of benzene rings is 2. The van der Waals surface area contributed by atoms with Crippen molar-refractivity contribution in [1.82, 2.24) is 15.5 Å². The highest BCUT2D eigenvalue weighted by molar-refractivity contribution is 5.94. The third-order valence-electron chi connectivity index (χ3n) is 6.65. The normalized spacial score (nSPS) is 15.1. The van der Waals surface area contributed by atoms with Crippen LogP contribution in [-0.2, 0) is 9.53 Å². The predicted octanol–water partition coefficient (Wildman–Crippen LogP) is 4.00. The van der Waals surface area contributed by atoms with Gasteiger partial charge in [0.15, 0.2) is 5.82 Å². The molecule has 1 atom stereocenters. The van der Waals surface area contributed by atoms with E-state index in [-0.39, 0.29) is 42.9 Å². The van der Waals surface area contributed by atoms with E-state index in [4.69, 9.17) is 9.84 Å². The van der Waals surface area contributed by atoms with Crippen LogP contribution in [-0.4, -0.2) is 46.4 Å². The highest BCUT2D eigenvalue weighted by atomic mass is 16.5.